The van der Waals surface area contributed by atoms with Crippen molar-refractivity contribution in [2.45, 2.75) is 32.1 Å². The minimum absolute atomic E-state index is 0.0637. The maximum absolute atomic E-state index is 11.8. The van der Waals surface area contributed by atoms with E-state index in [2.05, 4.69) is 9.97 Å². The fourth-order valence-corrected chi connectivity index (χ4v) is 4.86. The van der Waals surface area contributed by atoms with Crippen LogP contribution in [0, 0.1) is 0 Å². The second-order valence-corrected chi connectivity index (χ2v) is 6.25. The number of rotatable bonds is 0. The third kappa shape index (κ3) is 1.48. The molecular formula is C11H12N2OSe. The molecule has 0 bridgehead atoms. The molecule has 0 saturated carbocycles. The zero-order valence-corrected chi connectivity index (χ0v) is 10.1. The molecule has 1 aliphatic carbocycles. The van der Waals surface area contributed by atoms with Crippen LogP contribution in [-0.2, 0) is 12.8 Å². The van der Waals surface area contributed by atoms with Crippen LogP contribution in [0.25, 0.3) is 9.78 Å². The molecule has 2 heterocycles. The van der Waals surface area contributed by atoms with Gasteiger partial charge in [0.2, 0.25) is 0 Å². The van der Waals surface area contributed by atoms with Gasteiger partial charge in [0.05, 0.1) is 0 Å². The summed E-state index contributed by atoms with van der Waals surface area (Å²) in [6.45, 7) is 0. The van der Waals surface area contributed by atoms with Gasteiger partial charge in [-0.3, -0.25) is 0 Å². The van der Waals surface area contributed by atoms with Gasteiger partial charge >= 0.3 is 93.0 Å². The van der Waals surface area contributed by atoms with Gasteiger partial charge in [0.25, 0.3) is 0 Å². The number of aryl methyl sites for hydroxylation is 2. The third-order valence-electron chi connectivity index (χ3n) is 3.01. The fraction of sp³-hybridized carbons (Fsp3) is 0.455. The zero-order valence-electron chi connectivity index (χ0n) is 8.38. The Morgan fingerprint density at radius 3 is 3.07 bits per heavy atom. The second kappa shape index (κ2) is 3.62. The van der Waals surface area contributed by atoms with Crippen molar-refractivity contribution in [3.05, 3.63) is 26.7 Å². The van der Waals surface area contributed by atoms with E-state index in [1.807, 2.05) is 0 Å². The Morgan fingerprint density at radius 1 is 1.27 bits per heavy atom. The molecule has 0 radical (unpaired) electrons. The molecule has 2 aromatic heterocycles. The van der Waals surface area contributed by atoms with Crippen LogP contribution in [0.4, 0.5) is 0 Å². The summed E-state index contributed by atoms with van der Waals surface area (Å²) in [5.41, 5.74) is 1.39. The van der Waals surface area contributed by atoms with E-state index >= 15 is 0 Å². The number of nitrogens with zero attached hydrogens (tertiary/aromatic N) is 1. The quantitative estimate of drug-likeness (QED) is 0.576. The molecule has 15 heavy (non-hydrogen) atoms. The number of aromatic amines is 1. The van der Waals surface area contributed by atoms with Crippen LogP contribution < -0.4 is 5.56 Å². The Morgan fingerprint density at radius 2 is 2.13 bits per heavy atom. The number of nitrogens with one attached hydrogen (secondary N) is 1. The van der Waals surface area contributed by atoms with Crippen molar-refractivity contribution in [2.24, 2.45) is 0 Å². The average Bonchev–Trinajstić information content (AvgIpc) is 2.43. The first-order valence-corrected chi connectivity index (χ1v) is 7.05. The molecule has 4 heteroatoms. The van der Waals surface area contributed by atoms with Gasteiger partial charge in [0.15, 0.2) is 0 Å². The van der Waals surface area contributed by atoms with Gasteiger partial charge in [-0.05, 0) is 0 Å². The number of H-pyrrole nitrogens is 1. The van der Waals surface area contributed by atoms with Crippen LogP contribution in [0.3, 0.4) is 0 Å². The normalized spacial score (nSPS) is 16.3. The first kappa shape index (κ1) is 9.37. The maximum atomic E-state index is 11.8. The molecule has 3 rings (SSSR count). The van der Waals surface area contributed by atoms with Crippen LogP contribution in [0.2, 0.25) is 0 Å². The molecule has 0 amide bonds. The summed E-state index contributed by atoms with van der Waals surface area (Å²) < 4.78 is 2.58. The van der Waals surface area contributed by atoms with E-state index in [0.717, 1.165) is 16.2 Å². The van der Waals surface area contributed by atoms with E-state index in [9.17, 15) is 4.79 Å². The van der Waals surface area contributed by atoms with Crippen LogP contribution in [-0.4, -0.2) is 24.5 Å². The van der Waals surface area contributed by atoms with E-state index in [-0.39, 0.29) is 5.56 Å². The van der Waals surface area contributed by atoms with Crippen molar-refractivity contribution in [3.8, 4) is 0 Å². The van der Waals surface area contributed by atoms with Crippen LogP contribution in [0.1, 0.15) is 29.3 Å². The predicted octanol–water partition coefficient (Wildman–Crippen LogP) is 1.25. The summed E-state index contributed by atoms with van der Waals surface area (Å²) in [6, 6.07) is 0. The van der Waals surface area contributed by atoms with Gasteiger partial charge in [0.1, 0.15) is 0 Å². The molecule has 1 aliphatic rings. The first-order valence-electron chi connectivity index (χ1n) is 5.34. The van der Waals surface area contributed by atoms with Crippen molar-refractivity contribution in [1.29, 1.82) is 0 Å². The molecule has 0 aliphatic heterocycles. The monoisotopic (exact) mass is 268 g/mol. The second-order valence-electron chi connectivity index (χ2n) is 3.98. The number of aromatic nitrogens is 2. The van der Waals surface area contributed by atoms with Crippen molar-refractivity contribution >= 4 is 24.3 Å². The van der Waals surface area contributed by atoms with Gasteiger partial charge in [-0.25, -0.2) is 0 Å². The van der Waals surface area contributed by atoms with Crippen LogP contribution in [0.15, 0.2) is 11.1 Å². The van der Waals surface area contributed by atoms with E-state index in [1.165, 1.54) is 42.0 Å². The van der Waals surface area contributed by atoms with Gasteiger partial charge in [-0.1, -0.05) is 0 Å². The van der Waals surface area contributed by atoms with Gasteiger partial charge in [-0.15, -0.1) is 0 Å². The Labute approximate surface area is 93.3 Å². The first-order chi connectivity index (χ1) is 7.36. The zero-order chi connectivity index (χ0) is 10.3. The molecule has 0 aromatic carbocycles. The third-order valence-corrected chi connectivity index (χ3v) is 5.52. The van der Waals surface area contributed by atoms with Crippen molar-refractivity contribution < 1.29 is 0 Å². The standard InChI is InChI=1S/C11H12N2OSe/c14-10-9-7-4-2-1-3-5-8(7)15-11(9)13-6-12-10/h6H,1-5H2,(H,12,13,14). The van der Waals surface area contributed by atoms with E-state index in [1.54, 1.807) is 0 Å². The molecule has 3 nitrogen and oxygen atoms in total. The van der Waals surface area contributed by atoms with E-state index < -0.39 is 0 Å². The Kier molecular flexibility index (Phi) is 2.26. The SMILES string of the molecule is O=c1[nH]cnc2[se]c3c(c12)CCCCC3. The Bertz CT molecular complexity index is 555. The van der Waals surface area contributed by atoms with Gasteiger partial charge < -0.3 is 0 Å². The molecular weight excluding hydrogens is 255 g/mol. The predicted molar refractivity (Wildman–Crippen MR) is 60.6 cm³/mol. The molecule has 78 valence electrons. The van der Waals surface area contributed by atoms with Crippen LogP contribution >= 0.6 is 0 Å². The van der Waals surface area contributed by atoms with Gasteiger partial charge in [0, 0.05) is 0 Å². The molecule has 0 spiro atoms. The van der Waals surface area contributed by atoms with Crippen molar-refractivity contribution in [1.82, 2.24) is 9.97 Å². The Balaban J connectivity index is 2.34. The van der Waals surface area contributed by atoms with Crippen molar-refractivity contribution in [2.75, 3.05) is 0 Å². The van der Waals surface area contributed by atoms with E-state index in [0.29, 0.717) is 14.5 Å². The fourth-order valence-electron chi connectivity index (χ4n) is 2.28. The van der Waals surface area contributed by atoms with Gasteiger partial charge in [-0.2, -0.15) is 0 Å². The number of hydrogen-bond donors (Lipinski definition) is 1. The summed E-state index contributed by atoms with van der Waals surface area (Å²) >= 11 is 0.323. The number of fused-ring (bicyclic) bond motifs is 3. The summed E-state index contributed by atoms with van der Waals surface area (Å²) in [6.07, 6.45) is 7.62. The Hall–Kier alpha value is -0.861. The molecule has 2 aromatic rings. The summed E-state index contributed by atoms with van der Waals surface area (Å²) in [4.78, 5) is 18.8. The molecule has 1 N–H and O–H groups in total. The summed E-state index contributed by atoms with van der Waals surface area (Å²) in [5.74, 6) is 0. The molecule has 0 atom stereocenters. The van der Waals surface area contributed by atoms with Crippen molar-refractivity contribution in [3.63, 3.8) is 0 Å². The molecule has 0 saturated heterocycles. The summed E-state index contributed by atoms with van der Waals surface area (Å²) in [5, 5.41) is 0.911. The van der Waals surface area contributed by atoms with E-state index in [4.69, 9.17) is 0 Å². The topological polar surface area (TPSA) is 45.8 Å². The minimum atomic E-state index is 0.0637. The molecule has 0 unspecified atom stereocenters. The number of hydrogen-bond acceptors (Lipinski definition) is 2. The van der Waals surface area contributed by atoms with Crippen LogP contribution in [0.5, 0.6) is 0 Å². The average molecular weight is 267 g/mol. The molecule has 0 fully saturated rings. The summed E-state index contributed by atoms with van der Waals surface area (Å²) in [7, 11) is 0.